The van der Waals surface area contributed by atoms with Crippen molar-refractivity contribution < 1.29 is 55.0 Å². The molecule has 3 N–H and O–H groups in total. The average Bonchev–Trinajstić information content (AvgIpc) is 3.65. The number of ether oxygens (including phenoxy) is 1. The number of benzene rings is 3. The van der Waals surface area contributed by atoms with E-state index in [-0.39, 0.29) is 44.4 Å². The molecule has 8 nitrogen and oxygen atoms in total. The maximum atomic E-state index is 13.9. The summed E-state index contributed by atoms with van der Waals surface area (Å²) in [6.07, 6.45) is -9.30. The summed E-state index contributed by atoms with van der Waals surface area (Å²) in [5, 5.41) is 15.0. The van der Waals surface area contributed by atoms with Crippen LogP contribution in [0.25, 0.3) is 10.1 Å². The van der Waals surface area contributed by atoms with Gasteiger partial charge in [0.15, 0.2) is 0 Å². The fourth-order valence-corrected chi connectivity index (χ4v) is 6.60. The third-order valence-electron chi connectivity index (χ3n) is 7.93. The zero-order valence-corrected chi connectivity index (χ0v) is 26.8. The van der Waals surface area contributed by atoms with E-state index in [9.17, 15) is 50.2 Å². The molecule has 1 saturated heterocycles. The molecule has 0 saturated carbocycles. The monoisotopic (exact) mass is 711 g/mol. The number of carbonyl (C=O) groups excluding carboxylic acids is 3. The quantitative estimate of drug-likeness (QED) is 0.171. The van der Waals surface area contributed by atoms with Gasteiger partial charge < -0.3 is 25.4 Å². The molecule has 4 aromatic rings. The van der Waals surface area contributed by atoms with E-state index in [2.05, 4.69) is 10.6 Å². The van der Waals surface area contributed by atoms with Crippen molar-refractivity contribution in [3.63, 3.8) is 0 Å². The van der Waals surface area contributed by atoms with Crippen LogP contribution in [0.5, 0.6) is 5.75 Å². The van der Waals surface area contributed by atoms with Gasteiger partial charge in [-0.05, 0) is 68.3 Å². The fraction of sp³-hybridized carbons (Fsp3) is 0.303. The van der Waals surface area contributed by atoms with Gasteiger partial charge in [0.05, 0.1) is 29.5 Å². The Morgan fingerprint density at radius 3 is 2.27 bits per heavy atom. The van der Waals surface area contributed by atoms with Crippen LogP contribution in [0.2, 0.25) is 0 Å². The van der Waals surface area contributed by atoms with Crippen LogP contribution < -0.4 is 15.4 Å². The second-order valence-electron chi connectivity index (χ2n) is 11.9. The van der Waals surface area contributed by atoms with Gasteiger partial charge in [-0.1, -0.05) is 12.1 Å². The SMILES string of the molecule is COc1ccc(C2CCN(C(=O)C(C)(C)O)C2)cc1C(=O)Nc1c(C(=O)Nc2ccc(F)c(C(F)(F)F)c2)sc2cc(C(F)(F)F)ccc12. The number of hydrogen-bond acceptors (Lipinski definition) is 6. The second-order valence-corrected chi connectivity index (χ2v) is 12.9. The van der Waals surface area contributed by atoms with Crippen LogP contribution in [0.1, 0.15) is 62.9 Å². The predicted octanol–water partition coefficient (Wildman–Crippen LogP) is 7.68. The normalized spacial score (nSPS) is 15.4. The summed E-state index contributed by atoms with van der Waals surface area (Å²) < 4.78 is 99.6. The minimum atomic E-state index is -5.08. The molecule has 2 heterocycles. The summed E-state index contributed by atoms with van der Waals surface area (Å²) in [7, 11) is 1.31. The molecule has 5 rings (SSSR count). The molecule has 1 fully saturated rings. The van der Waals surface area contributed by atoms with E-state index in [1.165, 1.54) is 38.0 Å². The van der Waals surface area contributed by atoms with Gasteiger partial charge in [-0.3, -0.25) is 14.4 Å². The molecule has 260 valence electrons. The smallest absolute Gasteiger partial charge is 0.419 e. The molecular formula is C33H28F7N3O5S. The number of hydrogen-bond donors (Lipinski definition) is 3. The molecule has 1 atom stereocenters. The first-order valence-electron chi connectivity index (χ1n) is 14.6. The molecule has 1 unspecified atom stereocenters. The number of carbonyl (C=O) groups is 3. The maximum absolute atomic E-state index is 13.9. The first-order chi connectivity index (χ1) is 22.8. The summed E-state index contributed by atoms with van der Waals surface area (Å²) in [6, 6.07) is 9.08. The molecule has 1 aliphatic heterocycles. The summed E-state index contributed by atoms with van der Waals surface area (Å²) in [5.74, 6) is -4.04. The first-order valence-corrected chi connectivity index (χ1v) is 15.4. The number of methoxy groups -OCH3 is 1. The van der Waals surface area contributed by atoms with Crippen molar-refractivity contribution in [2.24, 2.45) is 0 Å². The van der Waals surface area contributed by atoms with Crippen LogP contribution in [0.3, 0.4) is 0 Å². The molecule has 3 amide bonds. The molecule has 0 aliphatic carbocycles. The molecule has 1 aliphatic rings. The van der Waals surface area contributed by atoms with Crippen LogP contribution >= 0.6 is 11.3 Å². The Labute approximate surface area is 278 Å². The van der Waals surface area contributed by atoms with Gasteiger partial charge in [0.25, 0.3) is 17.7 Å². The van der Waals surface area contributed by atoms with Gasteiger partial charge in [-0.15, -0.1) is 11.3 Å². The topological polar surface area (TPSA) is 108 Å². The number of anilines is 2. The minimum absolute atomic E-state index is 0.0155. The minimum Gasteiger partial charge on any atom is -0.496 e. The van der Waals surface area contributed by atoms with Gasteiger partial charge in [0, 0.05) is 34.8 Å². The third-order valence-corrected chi connectivity index (χ3v) is 9.08. The van der Waals surface area contributed by atoms with E-state index >= 15 is 0 Å². The second kappa shape index (κ2) is 13.0. The molecule has 16 heteroatoms. The number of likely N-dealkylation sites (tertiary alicyclic amines) is 1. The number of thiophene rings is 1. The Bertz CT molecular complexity index is 1950. The highest BCUT2D eigenvalue weighted by atomic mass is 32.1. The highest BCUT2D eigenvalue weighted by Crippen LogP contribution is 2.41. The standard InChI is InChI=1S/C33H28F7N3O5S/c1-31(2,47)30(46)43-11-10-17(15-43)16-4-9-24(48-3)21(12-16)28(44)42-26-20-7-5-18(32(35,36)37)13-25(20)49-27(26)29(45)41-19-6-8-23(34)22(14-19)33(38,39)40/h4-9,12-14,17,47H,10-11,15H2,1-3H3,(H,41,45)(H,42,44). The van der Waals surface area contributed by atoms with Crippen molar-refractivity contribution in [3.05, 3.63) is 87.5 Å². The lowest BCUT2D eigenvalue weighted by Crippen LogP contribution is -2.43. The summed E-state index contributed by atoms with van der Waals surface area (Å²) >= 11 is 0.558. The summed E-state index contributed by atoms with van der Waals surface area (Å²) in [5.41, 5.74) is -4.30. The molecule has 3 aromatic carbocycles. The zero-order chi connectivity index (χ0) is 36.1. The number of nitrogens with zero attached hydrogens (tertiary/aromatic N) is 1. The van der Waals surface area contributed by atoms with Gasteiger partial charge in [-0.2, -0.15) is 26.3 Å². The van der Waals surface area contributed by atoms with Gasteiger partial charge in [0.2, 0.25) is 0 Å². The fourth-order valence-electron chi connectivity index (χ4n) is 5.51. The Hall–Kier alpha value is -4.70. The van der Waals surface area contributed by atoms with Crippen LogP contribution in [0.15, 0.2) is 54.6 Å². The number of nitrogens with one attached hydrogen (secondary N) is 2. The van der Waals surface area contributed by atoms with Gasteiger partial charge in [-0.25, -0.2) is 4.39 Å². The van der Waals surface area contributed by atoms with E-state index in [0.717, 1.165) is 24.3 Å². The average molecular weight is 712 g/mol. The Balaban J connectivity index is 1.51. The number of aliphatic hydroxyl groups is 1. The first kappa shape index (κ1) is 35.6. The molecule has 0 spiro atoms. The summed E-state index contributed by atoms with van der Waals surface area (Å²) in [4.78, 5) is 41.0. The molecule has 0 radical (unpaired) electrons. The van der Waals surface area contributed by atoms with Gasteiger partial charge >= 0.3 is 12.4 Å². The number of alkyl halides is 6. The Kier molecular flexibility index (Phi) is 9.42. The largest absolute Gasteiger partial charge is 0.496 e. The van der Waals surface area contributed by atoms with Crippen LogP contribution in [-0.2, 0) is 17.1 Å². The number of fused-ring (bicyclic) bond motifs is 1. The van der Waals surface area contributed by atoms with Crippen molar-refractivity contribution in [1.82, 2.24) is 4.90 Å². The van der Waals surface area contributed by atoms with Gasteiger partial charge in [0.1, 0.15) is 22.0 Å². The lowest BCUT2D eigenvalue weighted by Gasteiger charge is -2.24. The van der Waals surface area contributed by atoms with Crippen LogP contribution in [0, 0.1) is 5.82 Å². The molecule has 0 bridgehead atoms. The predicted molar refractivity (Wildman–Crippen MR) is 167 cm³/mol. The van der Waals surface area contributed by atoms with E-state index in [4.69, 9.17) is 4.74 Å². The number of amides is 3. The maximum Gasteiger partial charge on any atom is 0.419 e. The Morgan fingerprint density at radius 2 is 1.63 bits per heavy atom. The van der Waals surface area contributed by atoms with Crippen molar-refractivity contribution >= 4 is 50.5 Å². The number of rotatable bonds is 7. The highest BCUT2D eigenvalue weighted by molar-refractivity contribution is 7.21. The lowest BCUT2D eigenvalue weighted by atomic mass is 9.95. The van der Waals surface area contributed by atoms with E-state index in [1.54, 1.807) is 6.07 Å². The molecule has 49 heavy (non-hydrogen) atoms. The Morgan fingerprint density at radius 1 is 0.918 bits per heavy atom. The van der Waals surface area contributed by atoms with E-state index < -0.39 is 58.3 Å². The van der Waals surface area contributed by atoms with Crippen LogP contribution in [0.4, 0.5) is 42.1 Å². The van der Waals surface area contributed by atoms with Crippen molar-refractivity contribution in [3.8, 4) is 5.75 Å². The molecule has 1 aromatic heterocycles. The lowest BCUT2D eigenvalue weighted by molar-refractivity contribution is -0.146. The number of halogens is 7. The van der Waals surface area contributed by atoms with Crippen molar-refractivity contribution in [2.45, 2.75) is 44.1 Å². The zero-order valence-electron chi connectivity index (χ0n) is 26.0. The van der Waals surface area contributed by atoms with Crippen LogP contribution in [-0.4, -0.2) is 53.5 Å². The highest BCUT2D eigenvalue weighted by Gasteiger charge is 2.37. The third kappa shape index (κ3) is 7.49. The van der Waals surface area contributed by atoms with E-state index in [0.29, 0.717) is 42.0 Å². The summed E-state index contributed by atoms with van der Waals surface area (Å²) in [6.45, 7) is 3.38. The van der Waals surface area contributed by atoms with Crippen molar-refractivity contribution in [1.29, 1.82) is 0 Å². The molecular weight excluding hydrogens is 683 g/mol. The van der Waals surface area contributed by atoms with E-state index in [1.807, 2.05) is 0 Å². The van der Waals surface area contributed by atoms with Crippen molar-refractivity contribution in [2.75, 3.05) is 30.8 Å².